The summed E-state index contributed by atoms with van der Waals surface area (Å²) in [6.45, 7) is 2.85. The number of rotatable bonds is 6. The Bertz CT molecular complexity index is 562. The molecule has 112 valence electrons. The van der Waals surface area contributed by atoms with Crippen LogP contribution in [0.3, 0.4) is 0 Å². The largest absolute Gasteiger partial charge is 0.294 e. The molecule has 8 heteroatoms. The molecule has 0 unspecified atom stereocenters. The molecule has 1 saturated carbocycles. The number of nitrogens with one attached hydrogen (secondary N) is 2. The van der Waals surface area contributed by atoms with Gasteiger partial charge in [-0.3, -0.25) is 10.1 Å². The van der Waals surface area contributed by atoms with Gasteiger partial charge in [-0.15, -0.1) is 0 Å². The van der Waals surface area contributed by atoms with Gasteiger partial charge in [0.15, 0.2) is 9.84 Å². The standard InChI is InChI=1S/C12H20N4O3S/c1-12(2,10(17)15-11-13-8-14-16-11)20(18,19)7-6-9-4-3-5-9/h8-9H,3-7H2,1-2H3,(H2,13,14,15,16,17). The van der Waals surface area contributed by atoms with Crippen molar-refractivity contribution >= 4 is 21.7 Å². The van der Waals surface area contributed by atoms with Crippen LogP contribution >= 0.6 is 0 Å². The van der Waals surface area contributed by atoms with E-state index >= 15 is 0 Å². The molecule has 1 aliphatic rings. The van der Waals surface area contributed by atoms with Crippen molar-refractivity contribution in [1.82, 2.24) is 15.2 Å². The number of aromatic amines is 1. The number of anilines is 1. The van der Waals surface area contributed by atoms with Crippen LogP contribution in [0.4, 0.5) is 5.95 Å². The van der Waals surface area contributed by atoms with E-state index in [1.54, 1.807) is 0 Å². The lowest BCUT2D eigenvalue weighted by Crippen LogP contribution is -2.46. The molecule has 1 fully saturated rings. The lowest BCUT2D eigenvalue weighted by atomic mass is 9.84. The molecular formula is C12H20N4O3S. The fraction of sp³-hybridized carbons (Fsp3) is 0.750. The van der Waals surface area contributed by atoms with Crippen molar-refractivity contribution in [3.8, 4) is 0 Å². The lowest BCUT2D eigenvalue weighted by molar-refractivity contribution is -0.117. The zero-order valence-corrected chi connectivity index (χ0v) is 12.5. The summed E-state index contributed by atoms with van der Waals surface area (Å²) >= 11 is 0. The highest BCUT2D eigenvalue weighted by Gasteiger charge is 2.42. The Morgan fingerprint density at radius 3 is 2.70 bits per heavy atom. The van der Waals surface area contributed by atoms with Gasteiger partial charge in [-0.05, 0) is 26.2 Å². The van der Waals surface area contributed by atoms with Gasteiger partial charge >= 0.3 is 0 Å². The second-order valence-electron chi connectivity index (χ2n) is 5.70. The Hall–Kier alpha value is -1.44. The van der Waals surface area contributed by atoms with Crippen LogP contribution in [0.15, 0.2) is 6.33 Å². The van der Waals surface area contributed by atoms with Gasteiger partial charge in [0.2, 0.25) is 11.9 Å². The summed E-state index contributed by atoms with van der Waals surface area (Å²) in [4.78, 5) is 15.9. The van der Waals surface area contributed by atoms with Gasteiger partial charge in [0.05, 0.1) is 5.75 Å². The smallest absolute Gasteiger partial charge is 0.247 e. The summed E-state index contributed by atoms with van der Waals surface area (Å²) in [6, 6.07) is 0. The highest BCUT2D eigenvalue weighted by atomic mass is 32.2. The Labute approximate surface area is 118 Å². The zero-order valence-electron chi connectivity index (χ0n) is 11.7. The predicted molar refractivity (Wildman–Crippen MR) is 74.8 cm³/mol. The highest BCUT2D eigenvalue weighted by molar-refractivity contribution is 7.93. The number of sulfone groups is 1. The molecule has 0 spiro atoms. The fourth-order valence-corrected chi connectivity index (χ4v) is 3.51. The Balaban J connectivity index is 2.00. The molecule has 7 nitrogen and oxygen atoms in total. The van der Waals surface area contributed by atoms with Crippen molar-refractivity contribution in [3.05, 3.63) is 6.33 Å². The average Bonchev–Trinajstić information content (AvgIpc) is 2.79. The van der Waals surface area contributed by atoms with Crippen LogP contribution in [0, 0.1) is 5.92 Å². The molecule has 0 aromatic carbocycles. The van der Waals surface area contributed by atoms with Gasteiger partial charge in [0, 0.05) is 0 Å². The van der Waals surface area contributed by atoms with Crippen LogP contribution < -0.4 is 5.32 Å². The van der Waals surface area contributed by atoms with Crippen LogP contribution in [0.1, 0.15) is 39.5 Å². The molecular weight excluding hydrogens is 280 g/mol. The summed E-state index contributed by atoms with van der Waals surface area (Å²) in [5.74, 6) is 0.104. The molecule has 20 heavy (non-hydrogen) atoms. The number of hydrogen-bond donors (Lipinski definition) is 2. The average molecular weight is 300 g/mol. The third-order valence-corrected chi connectivity index (χ3v) is 6.50. The highest BCUT2D eigenvalue weighted by Crippen LogP contribution is 2.31. The SMILES string of the molecule is CC(C)(C(=O)Nc1ncn[nH]1)S(=O)(=O)CCC1CCC1. The van der Waals surface area contributed by atoms with Gasteiger partial charge in [-0.2, -0.15) is 10.1 Å². The summed E-state index contributed by atoms with van der Waals surface area (Å²) in [5, 5.41) is 8.51. The van der Waals surface area contributed by atoms with E-state index in [2.05, 4.69) is 20.5 Å². The summed E-state index contributed by atoms with van der Waals surface area (Å²) in [6.07, 6.45) is 5.26. The summed E-state index contributed by atoms with van der Waals surface area (Å²) in [5.41, 5.74) is 0. The van der Waals surface area contributed by atoms with E-state index in [1.807, 2.05) is 0 Å². The number of nitrogens with zero attached hydrogens (tertiary/aromatic N) is 2. The van der Waals surface area contributed by atoms with E-state index in [9.17, 15) is 13.2 Å². The van der Waals surface area contributed by atoms with Gasteiger partial charge in [-0.1, -0.05) is 19.3 Å². The maximum atomic E-state index is 12.4. The molecule has 0 atom stereocenters. The van der Waals surface area contributed by atoms with Gasteiger partial charge < -0.3 is 0 Å². The van der Waals surface area contributed by atoms with E-state index in [0.29, 0.717) is 12.3 Å². The first-order valence-corrected chi connectivity index (χ1v) is 8.37. The molecule has 1 aromatic rings. The molecule has 0 radical (unpaired) electrons. The second-order valence-corrected chi connectivity index (χ2v) is 8.36. The molecule has 0 bridgehead atoms. The van der Waals surface area contributed by atoms with Crippen molar-refractivity contribution in [3.63, 3.8) is 0 Å². The first kappa shape index (κ1) is 15.0. The van der Waals surface area contributed by atoms with Crippen molar-refractivity contribution in [2.24, 2.45) is 5.92 Å². The number of amides is 1. The van der Waals surface area contributed by atoms with E-state index in [0.717, 1.165) is 12.8 Å². The number of H-pyrrole nitrogens is 1. The lowest BCUT2D eigenvalue weighted by Gasteiger charge is -2.28. The van der Waals surface area contributed by atoms with E-state index in [1.165, 1.54) is 26.6 Å². The van der Waals surface area contributed by atoms with Crippen LogP contribution in [0.5, 0.6) is 0 Å². The van der Waals surface area contributed by atoms with E-state index < -0.39 is 20.5 Å². The van der Waals surface area contributed by atoms with Crippen LogP contribution in [-0.4, -0.2) is 40.0 Å². The van der Waals surface area contributed by atoms with Crippen molar-refractivity contribution in [2.45, 2.75) is 44.3 Å². The van der Waals surface area contributed by atoms with Gasteiger partial charge in [0.25, 0.3) is 0 Å². The maximum Gasteiger partial charge on any atom is 0.247 e. The Kier molecular flexibility index (Phi) is 4.12. The summed E-state index contributed by atoms with van der Waals surface area (Å²) in [7, 11) is -3.51. The number of carbonyl (C=O) groups excluding carboxylic acids is 1. The first-order chi connectivity index (χ1) is 9.33. The normalized spacial score (nSPS) is 16.7. The quantitative estimate of drug-likeness (QED) is 0.819. The Morgan fingerprint density at radius 2 is 2.20 bits per heavy atom. The van der Waals surface area contributed by atoms with E-state index in [-0.39, 0.29) is 11.7 Å². The van der Waals surface area contributed by atoms with E-state index in [4.69, 9.17) is 0 Å². The topological polar surface area (TPSA) is 105 Å². The number of hydrogen-bond acceptors (Lipinski definition) is 5. The van der Waals surface area contributed by atoms with Crippen molar-refractivity contribution in [2.75, 3.05) is 11.1 Å². The number of carbonyl (C=O) groups is 1. The minimum Gasteiger partial charge on any atom is -0.294 e. The van der Waals surface area contributed by atoms with Crippen molar-refractivity contribution in [1.29, 1.82) is 0 Å². The fourth-order valence-electron chi connectivity index (χ4n) is 2.02. The van der Waals surface area contributed by atoms with Gasteiger partial charge in [-0.25, -0.2) is 13.5 Å². The molecule has 2 rings (SSSR count). The Morgan fingerprint density at radius 1 is 1.50 bits per heavy atom. The third-order valence-electron chi connectivity index (χ3n) is 3.99. The molecule has 0 saturated heterocycles. The minimum absolute atomic E-state index is 0.0501. The molecule has 0 aliphatic heterocycles. The first-order valence-electron chi connectivity index (χ1n) is 6.72. The van der Waals surface area contributed by atoms with Crippen LogP contribution in [0.2, 0.25) is 0 Å². The molecule has 2 N–H and O–H groups in total. The van der Waals surface area contributed by atoms with Gasteiger partial charge in [0.1, 0.15) is 11.1 Å². The molecule has 1 aliphatic carbocycles. The molecule has 1 heterocycles. The monoisotopic (exact) mass is 300 g/mol. The minimum atomic E-state index is -3.51. The van der Waals surface area contributed by atoms with Crippen molar-refractivity contribution < 1.29 is 13.2 Å². The molecule has 1 amide bonds. The number of aromatic nitrogens is 3. The zero-order chi connectivity index (χ0) is 14.8. The summed E-state index contributed by atoms with van der Waals surface area (Å²) < 4.78 is 23.2. The maximum absolute atomic E-state index is 12.4. The second kappa shape index (κ2) is 5.51. The predicted octanol–water partition coefficient (Wildman–Crippen LogP) is 1.13. The van der Waals surface area contributed by atoms with Crippen LogP contribution in [0.25, 0.3) is 0 Å². The molecule has 1 aromatic heterocycles. The third kappa shape index (κ3) is 3.00. The van der Waals surface area contributed by atoms with Crippen LogP contribution in [-0.2, 0) is 14.6 Å².